The maximum Gasteiger partial charge on any atom is 0.251 e. The number of carbonyl (C=O) groups is 1. The van der Waals surface area contributed by atoms with E-state index in [0.29, 0.717) is 12.1 Å². The van der Waals surface area contributed by atoms with Gasteiger partial charge in [0.15, 0.2) is 0 Å². The van der Waals surface area contributed by atoms with Crippen molar-refractivity contribution in [1.82, 2.24) is 5.32 Å². The molecule has 0 aliphatic heterocycles. The van der Waals surface area contributed by atoms with E-state index < -0.39 is 0 Å². The van der Waals surface area contributed by atoms with Gasteiger partial charge in [0.05, 0.1) is 5.60 Å². The summed E-state index contributed by atoms with van der Waals surface area (Å²) in [5.41, 5.74) is 1.46. The molecule has 0 fully saturated rings. The Bertz CT molecular complexity index is 444. The van der Waals surface area contributed by atoms with Gasteiger partial charge in [-0.25, -0.2) is 0 Å². The minimum Gasteiger partial charge on any atom is -0.382 e. The number of hydrogen-bond acceptors (Lipinski definition) is 3. The van der Waals surface area contributed by atoms with Crippen LogP contribution in [0.25, 0.3) is 0 Å². The summed E-state index contributed by atoms with van der Waals surface area (Å²) >= 11 is 0. The van der Waals surface area contributed by atoms with Crippen LogP contribution in [0.3, 0.4) is 0 Å². The lowest BCUT2D eigenvalue weighted by atomic mass is 9.99. The van der Waals surface area contributed by atoms with Gasteiger partial charge in [0.25, 0.3) is 5.91 Å². The van der Waals surface area contributed by atoms with Crippen LogP contribution >= 0.6 is 0 Å². The molecule has 4 nitrogen and oxygen atoms in total. The highest BCUT2D eigenvalue weighted by Gasteiger charge is 2.20. The molecule has 0 bridgehead atoms. The molecular weight excluding hydrogens is 252 g/mol. The summed E-state index contributed by atoms with van der Waals surface area (Å²) in [5.74, 6) is -0.0407. The second-order valence-corrected chi connectivity index (χ2v) is 5.65. The van der Waals surface area contributed by atoms with Crippen molar-refractivity contribution in [2.45, 2.75) is 45.8 Å². The molecule has 112 valence electrons. The third-order valence-corrected chi connectivity index (χ3v) is 3.23. The quantitative estimate of drug-likeness (QED) is 0.806. The van der Waals surface area contributed by atoms with Crippen LogP contribution in [0.15, 0.2) is 24.3 Å². The summed E-state index contributed by atoms with van der Waals surface area (Å²) in [4.78, 5) is 11.8. The van der Waals surface area contributed by atoms with Crippen molar-refractivity contribution in [3.8, 4) is 0 Å². The number of nitrogens with one attached hydrogen (secondary N) is 2. The van der Waals surface area contributed by atoms with Gasteiger partial charge in [-0.15, -0.1) is 0 Å². The van der Waals surface area contributed by atoms with Crippen LogP contribution in [0.5, 0.6) is 0 Å². The summed E-state index contributed by atoms with van der Waals surface area (Å²) in [6.45, 7) is 8.79. The molecule has 1 atom stereocenters. The van der Waals surface area contributed by atoms with Crippen molar-refractivity contribution in [3.63, 3.8) is 0 Å². The van der Waals surface area contributed by atoms with Crippen LogP contribution < -0.4 is 10.6 Å². The molecule has 1 amide bonds. The number of benzene rings is 1. The number of rotatable bonds is 7. The van der Waals surface area contributed by atoms with Crippen LogP contribution in [0.2, 0.25) is 0 Å². The molecule has 20 heavy (non-hydrogen) atoms. The molecule has 1 aromatic carbocycles. The average Bonchev–Trinajstić information content (AvgIpc) is 2.38. The second-order valence-electron chi connectivity index (χ2n) is 5.65. The largest absolute Gasteiger partial charge is 0.382 e. The minimum absolute atomic E-state index is 0.0407. The van der Waals surface area contributed by atoms with Crippen LogP contribution in [-0.4, -0.2) is 31.2 Å². The first-order chi connectivity index (χ1) is 9.38. The minimum atomic E-state index is -0.163. The zero-order valence-electron chi connectivity index (χ0n) is 13.1. The number of anilines is 1. The first-order valence-corrected chi connectivity index (χ1v) is 7.08. The molecule has 0 aliphatic rings. The van der Waals surface area contributed by atoms with Crippen molar-refractivity contribution < 1.29 is 9.53 Å². The fraction of sp³-hybridized carbons (Fsp3) is 0.562. The maximum absolute atomic E-state index is 11.8. The number of amides is 1. The summed E-state index contributed by atoms with van der Waals surface area (Å²) in [6, 6.07) is 7.82. The molecule has 0 spiro atoms. The van der Waals surface area contributed by atoms with Gasteiger partial charge in [-0.1, -0.05) is 6.07 Å². The van der Waals surface area contributed by atoms with Crippen molar-refractivity contribution >= 4 is 11.6 Å². The van der Waals surface area contributed by atoms with E-state index in [-0.39, 0.29) is 17.6 Å². The lowest BCUT2D eigenvalue weighted by Gasteiger charge is -2.27. The molecule has 0 saturated carbocycles. The molecule has 2 N–H and O–H groups in total. The summed E-state index contributed by atoms with van der Waals surface area (Å²) in [7, 11) is 1.72. The number of ether oxygens (including phenoxy) is 1. The Hall–Kier alpha value is -1.55. The Labute approximate surface area is 121 Å². The van der Waals surface area contributed by atoms with Crippen molar-refractivity contribution in [2.24, 2.45) is 0 Å². The van der Waals surface area contributed by atoms with E-state index in [1.807, 2.05) is 31.2 Å². The molecule has 4 heteroatoms. The van der Waals surface area contributed by atoms with E-state index in [0.717, 1.165) is 12.1 Å². The molecule has 0 heterocycles. The highest BCUT2D eigenvalue weighted by atomic mass is 16.5. The molecule has 1 aromatic rings. The zero-order valence-corrected chi connectivity index (χ0v) is 13.1. The van der Waals surface area contributed by atoms with Gasteiger partial charge in [0.1, 0.15) is 0 Å². The van der Waals surface area contributed by atoms with Crippen LogP contribution in [-0.2, 0) is 4.74 Å². The number of carbonyl (C=O) groups excluding carboxylic acids is 1. The average molecular weight is 278 g/mol. The summed E-state index contributed by atoms with van der Waals surface area (Å²) in [6.07, 6.45) is 0.884. The first-order valence-electron chi connectivity index (χ1n) is 7.08. The van der Waals surface area contributed by atoms with Crippen LogP contribution in [0.4, 0.5) is 5.69 Å². The Morgan fingerprint density at radius 2 is 2.10 bits per heavy atom. The van der Waals surface area contributed by atoms with E-state index in [2.05, 4.69) is 31.4 Å². The van der Waals surface area contributed by atoms with Gasteiger partial charge >= 0.3 is 0 Å². The van der Waals surface area contributed by atoms with Gasteiger partial charge in [0.2, 0.25) is 0 Å². The SMILES string of the molecule is CCNC(=O)c1cccc(NC(C)CC(C)(C)OC)c1. The standard InChI is InChI=1S/C16H26N2O2/c1-6-17-15(19)13-8-7-9-14(10-13)18-12(2)11-16(3,4)20-5/h7-10,12,18H,6,11H2,1-5H3,(H,17,19). The molecule has 1 unspecified atom stereocenters. The van der Waals surface area contributed by atoms with Crippen LogP contribution in [0, 0.1) is 0 Å². The lowest BCUT2D eigenvalue weighted by molar-refractivity contribution is 0.0128. The summed E-state index contributed by atoms with van der Waals surface area (Å²) in [5, 5.41) is 6.21. The number of methoxy groups -OCH3 is 1. The summed E-state index contributed by atoms with van der Waals surface area (Å²) < 4.78 is 5.44. The predicted octanol–water partition coefficient (Wildman–Crippen LogP) is 3.05. The number of hydrogen-bond donors (Lipinski definition) is 2. The van der Waals surface area contributed by atoms with Gasteiger partial charge in [-0.2, -0.15) is 0 Å². The van der Waals surface area contributed by atoms with E-state index in [1.54, 1.807) is 7.11 Å². The Morgan fingerprint density at radius 3 is 2.70 bits per heavy atom. The van der Waals surface area contributed by atoms with Crippen molar-refractivity contribution in [2.75, 3.05) is 19.0 Å². The fourth-order valence-electron chi connectivity index (χ4n) is 2.17. The molecule has 0 saturated heterocycles. The molecule has 0 radical (unpaired) electrons. The van der Waals surface area contributed by atoms with Gasteiger partial charge in [0, 0.05) is 30.9 Å². The highest BCUT2D eigenvalue weighted by Crippen LogP contribution is 2.19. The van der Waals surface area contributed by atoms with Gasteiger partial charge in [-0.3, -0.25) is 4.79 Å². The van der Waals surface area contributed by atoms with E-state index in [9.17, 15) is 4.79 Å². The lowest BCUT2D eigenvalue weighted by Crippen LogP contribution is -2.31. The van der Waals surface area contributed by atoms with Crippen molar-refractivity contribution in [1.29, 1.82) is 0 Å². The predicted molar refractivity (Wildman–Crippen MR) is 83.2 cm³/mol. The van der Waals surface area contributed by atoms with E-state index >= 15 is 0 Å². The monoisotopic (exact) mass is 278 g/mol. The Kier molecular flexibility index (Phi) is 6.02. The third kappa shape index (κ3) is 5.21. The van der Waals surface area contributed by atoms with Gasteiger partial charge < -0.3 is 15.4 Å². The third-order valence-electron chi connectivity index (χ3n) is 3.23. The Balaban J connectivity index is 2.68. The normalized spacial score (nSPS) is 12.8. The smallest absolute Gasteiger partial charge is 0.251 e. The highest BCUT2D eigenvalue weighted by molar-refractivity contribution is 5.95. The second kappa shape index (κ2) is 7.29. The fourth-order valence-corrected chi connectivity index (χ4v) is 2.17. The molecular formula is C16H26N2O2. The zero-order chi connectivity index (χ0) is 15.2. The molecule has 0 aromatic heterocycles. The topological polar surface area (TPSA) is 50.4 Å². The Morgan fingerprint density at radius 1 is 1.40 bits per heavy atom. The molecule has 0 aliphatic carbocycles. The molecule has 1 rings (SSSR count). The van der Waals surface area contributed by atoms with Gasteiger partial charge in [-0.05, 0) is 52.3 Å². The van der Waals surface area contributed by atoms with E-state index in [4.69, 9.17) is 4.74 Å². The van der Waals surface area contributed by atoms with Crippen LogP contribution in [0.1, 0.15) is 44.5 Å². The van der Waals surface area contributed by atoms with E-state index in [1.165, 1.54) is 0 Å². The van der Waals surface area contributed by atoms with Crippen molar-refractivity contribution in [3.05, 3.63) is 29.8 Å². The first kappa shape index (κ1) is 16.5. The maximum atomic E-state index is 11.8.